The van der Waals surface area contributed by atoms with Crippen LogP contribution in [-0.2, 0) is 20.7 Å². The molecular weight excluding hydrogens is 869 g/mol. The van der Waals surface area contributed by atoms with Crippen molar-refractivity contribution in [1.82, 2.24) is 9.97 Å². The van der Waals surface area contributed by atoms with Crippen LogP contribution in [0.2, 0.25) is 0 Å². The summed E-state index contributed by atoms with van der Waals surface area (Å²) in [6.07, 6.45) is 7.92. The Morgan fingerprint density at radius 3 is 1.28 bits per heavy atom. The van der Waals surface area contributed by atoms with E-state index in [1.165, 1.54) is 0 Å². The number of rotatable bonds is 2. The molecule has 0 N–H and O–H groups in total. The molecule has 18 heteroatoms. The molecule has 0 saturated heterocycles. The molecule has 2 aromatic heterocycles. The summed E-state index contributed by atoms with van der Waals surface area (Å²) >= 11 is 2.27. The summed E-state index contributed by atoms with van der Waals surface area (Å²) in [6, 6.07) is 9.87. The Kier molecular flexibility index (Phi) is 8.67. The van der Waals surface area contributed by atoms with Crippen molar-refractivity contribution in [3.8, 4) is 24.3 Å². The van der Waals surface area contributed by atoms with Gasteiger partial charge in [0.15, 0.2) is 23.3 Å². The van der Waals surface area contributed by atoms with Crippen LogP contribution in [0, 0.1) is 80.4 Å². The number of carbonyl (C=O) groups is 2. The lowest BCUT2D eigenvalue weighted by atomic mass is 9.77. The summed E-state index contributed by atoms with van der Waals surface area (Å²) < 4.78 is 70.4. The summed E-state index contributed by atoms with van der Waals surface area (Å²) in [6.45, 7) is 7.23. The Bertz CT molecular complexity index is 3180. The van der Waals surface area contributed by atoms with E-state index in [4.69, 9.17) is 19.4 Å². The van der Waals surface area contributed by atoms with E-state index in [-0.39, 0.29) is 66.9 Å². The third-order valence-electron chi connectivity index (χ3n) is 11.4. The van der Waals surface area contributed by atoms with E-state index in [2.05, 4.69) is 9.98 Å². The lowest BCUT2D eigenvalue weighted by Crippen LogP contribution is -2.32. The Morgan fingerprint density at radius 1 is 0.594 bits per heavy atom. The summed E-state index contributed by atoms with van der Waals surface area (Å²) in [5, 5.41) is 39.1. The van der Waals surface area contributed by atoms with Gasteiger partial charge in [-0.3, -0.25) is 9.59 Å². The maximum Gasteiger partial charge on any atom is 0.212 e. The number of fused-ring (bicyclic) bond motifs is 9. The quantitative estimate of drug-likeness (QED) is 0.138. The number of ketones is 2. The lowest BCUT2D eigenvalue weighted by Gasteiger charge is -2.39. The minimum atomic E-state index is -1.27. The molecule has 2 atom stereocenters. The van der Waals surface area contributed by atoms with Gasteiger partial charge in [-0.2, -0.15) is 21.0 Å². The molecule has 0 fully saturated rings. The molecule has 0 saturated carbocycles. The number of aliphatic imine (C=N–C) groups is 2. The molecule has 2 unspecified atom stereocenters. The number of carbonyl (C=O) groups excluding carboxylic acids is 2. The van der Waals surface area contributed by atoms with Crippen molar-refractivity contribution in [3.05, 3.63) is 138 Å². The molecule has 0 radical (unpaired) electrons. The zero-order valence-electron chi connectivity index (χ0n) is 33.3. The summed E-state index contributed by atoms with van der Waals surface area (Å²) in [5.41, 5.74) is -2.54. The van der Waals surface area contributed by atoms with Crippen molar-refractivity contribution in [2.75, 3.05) is 0 Å². The molecule has 0 spiro atoms. The van der Waals surface area contributed by atoms with Gasteiger partial charge in [0.1, 0.15) is 81.0 Å². The van der Waals surface area contributed by atoms with Crippen LogP contribution in [-0.4, -0.2) is 33.0 Å². The van der Waals surface area contributed by atoms with Gasteiger partial charge in [0.2, 0.25) is 21.8 Å². The van der Waals surface area contributed by atoms with Crippen molar-refractivity contribution in [2.45, 2.75) is 38.9 Å². The number of nitriles is 4. The first-order valence-corrected chi connectivity index (χ1v) is 20.7. The number of benzene rings is 2. The van der Waals surface area contributed by atoms with Crippen molar-refractivity contribution < 1.29 is 36.6 Å². The fraction of sp³-hybridized carbons (Fsp3) is 0.174. The molecule has 2 aromatic carbocycles. The molecule has 4 aliphatic carbocycles. The molecule has 4 heterocycles. The topological polar surface area (TPSA) is 198 Å². The number of allylic oxidation sites excluding steroid dienone is 10. The minimum absolute atomic E-state index is 0.0797. The third kappa shape index (κ3) is 5.81. The van der Waals surface area contributed by atoms with Gasteiger partial charge in [0.25, 0.3) is 0 Å². The standard InChI is InChI=1S/C46H22F4N8O4S2/c1-45(2)41-39(63-43(57-41)55-35-33(19(13-51)14-52)21-9-27(47)29(49)11-23(21)37(35)59)25-5-18-8-32-26(6-17(18)7-31(25)61-45)40-42(46(3,4)62-32)58-44(64-40)56-36-34(20(15-53)16-54)22-10-28(48)30(50)12-24(22)38(36)60/h5-12,17-18H,1-4H3. The maximum absolute atomic E-state index is 14.4. The number of nitrogens with zero attached hydrogens (tertiary/aromatic N) is 8. The number of Topliss-reactive ketones (excluding diaryl/α,β-unsaturated/α-hetero) is 2. The number of ether oxygens (including phenoxy) is 2. The number of hydrogen-bond donors (Lipinski definition) is 0. The fourth-order valence-electron chi connectivity index (χ4n) is 8.52. The van der Waals surface area contributed by atoms with Crippen LogP contribution in [0.1, 0.15) is 80.7 Å². The molecule has 0 bridgehead atoms. The van der Waals surface area contributed by atoms with Crippen LogP contribution in [0.25, 0.3) is 22.3 Å². The second-order valence-corrected chi connectivity index (χ2v) is 18.1. The van der Waals surface area contributed by atoms with Crippen molar-refractivity contribution in [3.63, 3.8) is 0 Å². The van der Waals surface area contributed by atoms with Gasteiger partial charge in [-0.25, -0.2) is 37.5 Å². The highest BCUT2D eigenvalue weighted by Crippen LogP contribution is 2.55. The molecule has 64 heavy (non-hydrogen) atoms. The summed E-state index contributed by atoms with van der Waals surface area (Å²) in [5.74, 6) is -6.14. The maximum atomic E-state index is 14.4. The van der Waals surface area contributed by atoms with E-state index in [0.717, 1.165) is 34.8 Å². The van der Waals surface area contributed by atoms with Crippen molar-refractivity contribution >= 4 is 78.2 Å². The fourth-order valence-corrected chi connectivity index (χ4v) is 10.8. The highest BCUT2D eigenvalue weighted by molar-refractivity contribution is 7.17. The van der Waals surface area contributed by atoms with E-state index in [0.29, 0.717) is 55.9 Å². The van der Waals surface area contributed by atoms with E-state index in [9.17, 15) is 48.2 Å². The Morgan fingerprint density at radius 2 is 0.938 bits per heavy atom. The SMILES string of the molecule is CC1(C)OC2=CC3C=C4C(=CC3C=C2c2sc(N=C3C(=O)c5cc(F)c(F)cc5C3=C(C#N)C#N)nc21)OC(C)(C)c1nc(N=C2C(=O)c3cc(F)c(F)cc3C2=C(C#N)C#N)sc14. The number of hydrogen-bond acceptors (Lipinski definition) is 14. The molecule has 12 nitrogen and oxygen atoms in total. The summed E-state index contributed by atoms with van der Waals surface area (Å²) in [7, 11) is 0. The molecule has 4 aromatic rings. The Hall–Kier alpha value is -7.90. The first kappa shape index (κ1) is 40.2. The highest BCUT2D eigenvalue weighted by Gasteiger charge is 2.45. The molecule has 10 rings (SSSR count). The van der Waals surface area contributed by atoms with Gasteiger partial charge >= 0.3 is 0 Å². The lowest BCUT2D eigenvalue weighted by molar-refractivity contribution is 0.0280. The predicted molar refractivity (Wildman–Crippen MR) is 223 cm³/mol. The van der Waals surface area contributed by atoms with Crippen LogP contribution in [0.15, 0.2) is 81.2 Å². The second kappa shape index (κ2) is 13.8. The van der Waals surface area contributed by atoms with Crippen LogP contribution >= 0.6 is 22.7 Å². The predicted octanol–water partition coefficient (Wildman–Crippen LogP) is 9.72. The number of halogens is 4. The zero-order chi connectivity index (χ0) is 45.3. The van der Waals surface area contributed by atoms with Crippen LogP contribution in [0.5, 0.6) is 0 Å². The van der Waals surface area contributed by atoms with Crippen LogP contribution < -0.4 is 0 Å². The normalized spacial score (nSPS) is 21.4. The van der Waals surface area contributed by atoms with Gasteiger partial charge < -0.3 is 9.47 Å². The molecule has 0 amide bonds. The number of thiazole rings is 2. The van der Waals surface area contributed by atoms with Crippen molar-refractivity contribution in [2.24, 2.45) is 21.8 Å². The Labute approximate surface area is 367 Å². The van der Waals surface area contributed by atoms with Crippen LogP contribution in [0.4, 0.5) is 27.8 Å². The average molecular weight is 891 g/mol. The molecule has 2 aliphatic heterocycles. The monoisotopic (exact) mass is 890 g/mol. The first-order chi connectivity index (χ1) is 30.5. The smallest absolute Gasteiger partial charge is 0.212 e. The van der Waals surface area contributed by atoms with Gasteiger partial charge in [-0.1, -0.05) is 34.8 Å². The van der Waals surface area contributed by atoms with E-state index in [1.54, 1.807) is 24.3 Å². The number of aromatic nitrogens is 2. The molecule has 310 valence electrons. The van der Waals surface area contributed by atoms with Gasteiger partial charge in [0.05, 0.1) is 9.75 Å². The van der Waals surface area contributed by atoms with Gasteiger partial charge in [0, 0.05) is 56.4 Å². The second-order valence-electron chi connectivity index (χ2n) is 16.1. The third-order valence-corrected chi connectivity index (χ3v) is 13.4. The minimum Gasteiger partial charge on any atom is -0.481 e. The van der Waals surface area contributed by atoms with Gasteiger partial charge in [-0.05, 0) is 64.1 Å². The Balaban J connectivity index is 1.03. The van der Waals surface area contributed by atoms with E-state index in [1.807, 2.05) is 52.0 Å². The highest BCUT2D eigenvalue weighted by atomic mass is 32.1. The van der Waals surface area contributed by atoms with E-state index < -0.39 is 57.2 Å². The summed E-state index contributed by atoms with van der Waals surface area (Å²) in [4.78, 5) is 47.0. The van der Waals surface area contributed by atoms with E-state index >= 15 is 0 Å². The van der Waals surface area contributed by atoms with Crippen molar-refractivity contribution in [1.29, 1.82) is 21.0 Å². The largest absolute Gasteiger partial charge is 0.481 e. The molecular formula is C46H22F4N8O4S2. The average Bonchev–Trinajstić information content (AvgIpc) is 4.00. The first-order valence-electron chi connectivity index (χ1n) is 19.1. The van der Waals surface area contributed by atoms with Crippen LogP contribution in [0.3, 0.4) is 0 Å². The molecule has 6 aliphatic rings. The zero-order valence-corrected chi connectivity index (χ0v) is 34.9. The van der Waals surface area contributed by atoms with Gasteiger partial charge in [-0.15, -0.1) is 0 Å².